The highest BCUT2D eigenvalue weighted by Crippen LogP contribution is 2.26. The SMILES string of the molecule is CC.CC.NCCCCNCc1ccc(-n2c(-c3cccnc3N)nc3c2=NC(c2ccccc2)CC=3)cc1. The molecule has 5 N–H and O–H groups in total. The van der Waals surface area contributed by atoms with Crippen molar-refractivity contribution in [1.29, 1.82) is 0 Å². The van der Waals surface area contributed by atoms with Gasteiger partial charge in [-0.05, 0) is 67.7 Å². The zero-order valence-electron chi connectivity index (χ0n) is 23.8. The van der Waals surface area contributed by atoms with Crippen molar-refractivity contribution in [3.63, 3.8) is 0 Å². The van der Waals surface area contributed by atoms with Crippen molar-refractivity contribution in [3.8, 4) is 17.1 Å². The van der Waals surface area contributed by atoms with Crippen LogP contribution < -0.4 is 27.6 Å². The number of nitrogens with two attached hydrogens (primary N) is 2. The minimum absolute atomic E-state index is 0.0511. The van der Waals surface area contributed by atoms with E-state index in [-0.39, 0.29) is 6.04 Å². The molecule has 7 heteroatoms. The first-order chi connectivity index (χ1) is 19.2. The summed E-state index contributed by atoms with van der Waals surface area (Å²) in [6.45, 7) is 10.5. The molecule has 1 aliphatic rings. The Hall–Kier alpha value is -3.81. The first kappa shape index (κ1) is 29.7. The highest BCUT2D eigenvalue weighted by Gasteiger charge is 2.20. The smallest absolute Gasteiger partial charge is 0.160 e. The van der Waals surface area contributed by atoms with E-state index < -0.39 is 0 Å². The summed E-state index contributed by atoms with van der Waals surface area (Å²) >= 11 is 0. The number of benzene rings is 2. The van der Waals surface area contributed by atoms with Crippen LogP contribution in [0.2, 0.25) is 0 Å². The topological polar surface area (TPSA) is 107 Å². The molecule has 0 saturated carbocycles. The van der Waals surface area contributed by atoms with Gasteiger partial charge in [0.25, 0.3) is 0 Å². The summed E-state index contributed by atoms with van der Waals surface area (Å²) in [5.41, 5.74) is 16.9. The Morgan fingerprint density at radius 1 is 0.923 bits per heavy atom. The van der Waals surface area contributed by atoms with Crippen molar-refractivity contribution < 1.29 is 0 Å². The maximum Gasteiger partial charge on any atom is 0.160 e. The van der Waals surface area contributed by atoms with E-state index in [1.165, 1.54) is 11.1 Å². The first-order valence-corrected chi connectivity index (χ1v) is 14.2. The molecule has 7 nitrogen and oxygen atoms in total. The maximum atomic E-state index is 6.27. The molecule has 39 heavy (non-hydrogen) atoms. The van der Waals surface area contributed by atoms with E-state index in [0.29, 0.717) is 5.82 Å². The third-order valence-corrected chi connectivity index (χ3v) is 6.29. The lowest BCUT2D eigenvalue weighted by atomic mass is 10.0. The molecule has 3 heterocycles. The Labute approximate surface area is 232 Å². The monoisotopic (exact) mass is 525 g/mol. The third-order valence-electron chi connectivity index (χ3n) is 6.29. The average molecular weight is 526 g/mol. The standard InChI is InChI=1S/C28H31N7.2C2H6/c29-16-4-5-17-31-19-20-10-12-22(13-11-20)35-27(23-9-6-18-32-26(23)30)34-25-15-14-24(33-28(25)35)21-7-2-1-3-8-21;2*1-2/h1-3,6-13,15,18,24,31H,4-5,14,16-17,19,29H2,(H2,30,32);2*1-2H3. The molecule has 206 valence electrons. The second kappa shape index (κ2) is 15.6. The van der Waals surface area contributed by atoms with E-state index in [4.69, 9.17) is 21.4 Å². The predicted molar refractivity (Wildman–Crippen MR) is 163 cm³/mol. The van der Waals surface area contributed by atoms with Crippen LogP contribution in [0.15, 0.2) is 77.9 Å². The van der Waals surface area contributed by atoms with Crippen molar-refractivity contribution >= 4 is 11.9 Å². The van der Waals surface area contributed by atoms with Gasteiger partial charge in [0.15, 0.2) is 11.3 Å². The molecule has 2 aromatic carbocycles. The van der Waals surface area contributed by atoms with E-state index in [9.17, 15) is 0 Å². The summed E-state index contributed by atoms with van der Waals surface area (Å²) in [5.74, 6) is 1.20. The largest absolute Gasteiger partial charge is 0.383 e. The fourth-order valence-electron chi connectivity index (χ4n) is 4.42. The van der Waals surface area contributed by atoms with E-state index >= 15 is 0 Å². The Kier molecular flexibility index (Phi) is 11.9. The molecule has 0 fully saturated rings. The number of aromatic nitrogens is 3. The number of nitrogens with zero attached hydrogens (tertiary/aromatic N) is 4. The van der Waals surface area contributed by atoms with Crippen LogP contribution >= 0.6 is 0 Å². The number of pyridine rings is 1. The molecule has 0 aliphatic carbocycles. The van der Waals surface area contributed by atoms with Crippen LogP contribution in [-0.4, -0.2) is 27.6 Å². The van der Waals surface area contributed by atoms with Gasteiger partial charge in [-0.3, -0.25) is 9.56 Å². The molecule has 0 bridgehead atoms. The van der Waals surface area contributed by atoms with E-state index in [2.05, 4.69) is 69.5 Å². The van der Waals surface area contributed by atoms with Crippen LogP contribution in [0, 0.1) is 0 Å². The molecule has 5 rings (SSSR count). The molecule has 1 unspecified atom stereocenters. The molecule has 0 saturated heterocycles. The van der Waals surface area contributed by atoms with Gasteiger partial charge in [-0.25, -0.2) is 9.97 Å². The summed E-state index contributed by atoms with van der Waals surface area (Å²) in [6, 6.07) is 22.8. The second-order valence-electron chi connectivity index (χ2n) is 8.75. The normalized spacial score (nSPS) is 13.5. The second-order valence-corrected chi connectivity index (χ2v) is 8.75. The van der Waals surface area contributed by atoms with Gasteiger partial charge in [0.05, 0.1) is 11.6 Å². The van der Waals surface area contributed by atoms with Crippen LogP contribution in [0.3, 0.4) is 0 Å². The molecule has 0 amide bonds. The van der Waals surface area contributed by atoms with E-state index in [0.717, 1.165) is 66.8 Å². The van der Waals surface area contributed by atoms with Crippen molar-refractivity contribution in [2.45, 2.75) is 59.5 Å². The highest BCUT2D eigenvalue weighted by molar-refractivity contribution is 5.70. The van der Waals surface area contributed by atoms with Crippen molar-refractivity contribution in [2.24, 2.45) is 10.7 Å². The number of anilines is 1. The van der Waals surface area contributed by atoms with Crippen LogP contribution in [0.4, 0.5) is 5.82 Å². The molecule has 0 spiro atoms. The molecular weight excluding hydrogens is 482 g/mol. The zero-order valence-corrected chi connectivity index (χ0v) is 23.8. The minimum Gasteiger partial charge on any atom is -0.383 e. The Bertz CT molecular complexity index is 1390. The summed E-state index contributed by atoms with van der Waals surface area (Å²) in [6.07, 6.45) is 6.81. The van der Waals surface area contributed by atoms with E-state index in [1.807, 2.05) is 45.9 Å². The number of nitrogen functional groups attached to an aromatic ring is 1. The number of rotatable bonds is 9. The minimum atomic E-state index is 0.0511. The van der Waals surface area contributed by atoms with Gasteiger partial charge < -0.3 is 16.8 Å². The zero-order chi connectivity index (χ0) is 28.0. The number of nitrogens with one attached hydrogen (secondary N) is 1. The quantitative estimate of drug-likeness (QED) is 0.268. The average Bonchev–Trinajstić information content (AvgIpc) is 3.38. The summed E-state index contributed by atoms with van der Waals surface area (Å²) < 4.78 is 2.10. The third kappa shape index (κ3) is 7.40. The summed E-state index contributed by atoms with van der Waals surface area (Å²) in [5, 5.41) is 4.36. The van der Waals surface area contributed by atoms with Crippen LogP contribution in [0.1, 0.15) is 64.1 Å². The van der Waals surface area contributed by atoms with Gasteiger partial charge in [0.2, 0.25) is 0 Å². The van der Waals surface area contributed by atoms with Gasteiger partial charge in [-0.1, -0.05) is 76.2 Å². The molecule has 0 radical (unpaired) electrons. The number of hydrogen-bond donors (Lipinski definition) is 3. The highest BCUT2D eigenvalue weighted by atomic mass is 15.1. The van der Waals surface area contributed by atoms with Crippen LogP contribution in [0.5, 0.6) is 0 Å². The predicted octanol–water partition coefficient (Wildman–Crippen LogP) is 4.94. The lowest BCUT2D eigenvalue weighted by Gasteiger charge is -2.15. The molecule has 1 aliphatic heterocycles. The van der Waals surface area contributed by atoms with Crippen molar-refractivity contribution in [1.82, 2.24) is 19.9 Å². The fraction of sp³-hybridized carbons (Fsp3) is 0.344. The molecule has 2 aromatic heterocycles. The molecular formula is C32H43N7. The summed E-state index contributed by atoms with van der Waals surface area (Å²) in [4.78, 5) is 14.4. The van der Waals surface area contributed by atoms with Crippen molar-refractivity contribution in [3.05, 3.63) is 94.9 Å². The first-order valence-electron chi connectivity index (χ1n) is 14.2. The van der Waals surface area contributed by atoms with Gasteiger partial charge in [0.1, 0.15) is 11.2 Å². The Balaban J connectivity index is 0.00000100. The van der Waals surface area contributed by atoms with Gasteiger partial charge in [-0.15, -0.1) is 0 Å². The van der Waals surface area contributed by atoms with Crippen LogP contribution in [-0.2, 0) is 6.54 Å². The van der Waals surface area contributed by atoms with Crippen molar-refractivity contribution in [2.75, 3.05) is 18.8 Å². The van der Waals surface area contributed by atoms with Gasteiger partial charge in [0, 0.05) is 18.4 Å². The lowest BCUT2D eigenvalue weighted by molar-refractivity contribution is 0.627. The van der Waals surface area contributed by atoms with Gasteiger partial charge >= 0.3 is 0 Å². The lowest BCUT2D eigenvalue weighted by Crippen LogP contribution is -2.33. The number of unbranched alkanes of at least 4 members (excludes halogenated alkanes) is 1. The number of hydrogen-bond acceptors (Lipinski definition) is 6. The Morgan fingerprint density at radius 2 is 1.67 bits per heavy atom. The number of imidazole rings is 1. The molecule has 4 aromatic rings. The number of fused-ring (bicyclic) bond motifs is 1. The van der Waals surface area contributed by atoms with E-state index in [1.54, 1.807) is 6.20 Å². The molecule has 1 atom stereocenters. The van der Waals surface area contributed by atoms with Crippen LogP contribution in [0.25, 0.3) is 23.2 Å². The Morgan fingerprint density at radius 3 is 2.36 bits per heavy atom. The fourth-order valence-corrected chi connectivity index (χ4v) is 4.42. The summed E-state index contributed by atoms with van der Waals surface area (Å²) in [7, 11) is 0. The maximum absolute atomic E-state index is 6.27. The van der Waals surface area contributed by atoms with Gasteiger partial charge in [-0.2, -0.15) is 0 Å².